The molecule has 15 heavy (non-hydrogen) atoms. The van der Waals surface area contributed by atoms with E-state index < -0.39 is 12.7 Å². The Balaban J connectivity index is 2.63. The van der Waals surface area contributed by atoms with Crippen LogP contribution in [-0.2, 0) is 9.59 Å². The lowest BCUT2D eigenvalue weighted by Crippen LogP contribution is -2.58. The smallest absolute Gasteiger partial charge is 0.245 e. The second kappa shape index (κ2) is 5.09. The first-order valence-corrected chi connectivity index (χ1v) is 5.18. The van der Waals surface area contributed by atoms with E-state index in [9.17, 15) is 14.0 Å². The molecule has 86 valence electrons. The molecule has 0 spiro atoms. The molecule has 1 aliphatic heterocycles. The Morgan fingerprint density at radius 3 is 2.73 bits per heavy atom. The highest BCUT2D eigenvalue weighted by Crippen LogP contribution is 2.11. The fourth-order valence-electron chi connectivity index (χ4n) is 1.70. The van der Waals surface area contributed by atoms with Gasteiger partial charge in [-0.2, -0.15) is 0 Å². The molecule has 1 aliphatic rings. The number of hydrogen-bond donors (Lipinski definition) is 1. The molecule has 1 fully saturated rings. The summed E-state index contributed by atoms with van der Waals surface area (Å²) in [6.07, 6.45) is 0.605. The van der Waals surface area contributed by atoms with Crippen molar-refractivity contribution < 1.29 is 14.0 Å². The number of amides is 2. The Labute approximate surface area is 88.8 Å². The molecule has 0 aromatic carbocycles. The van der Waals surface area contributed by atoms with E-state index in [0.717, 1.165) is 0 Å². The van der Waals surface area contributed by atoms with E-state index in [-0.39, 0.29) is 24.9 Å². The molecule has 5 heteroatoms. The van der Waals surface area contributed by atoms with Crippen molar-refractivity contribution in [1.82, 2.24) is 10.2 Å². The minimum Gasteiger partial charge on any atom is -0.343 e. The zero-order valence-corrected chi connectivity index (χ0v) is 9.12. The van der Waals surface area contributed by atoms with Gasteiger partial charge in [-0.3, -0.25) is 9.59 Å². The number of piperazine rings is 1. The molecule has 1 saturated heterocycles. The van der Waals surface area contributed by atoms with Crippen molar-refractivity contribution >= 4 is 11.8 Å². The lowest BCUT2D eigenvalue weighted by atomic mass is 10.0. The molecule has 1 unspecified atom stereocenters. The van der Waals surface area contributed by atoms with Gasteiger partial charge in [0.25, 0.3) is 0 Å². The van der Waals surface area contributed by atoms with Crippen LogP contribution in [0.4, 0.5) is 4.39 Å². The summed E-state index contributed by atoms with van der Waals surface area (Å²) in [5, 5.41) is 2.63. The summed E-state index contributed by atoms with van der Waals surface area (Å²) in [6, 6.07) is -0.474. The summed E-state index contributed by atoms with van der Waals surface area (Å²) in [6.45, 7) is 3.35. The van der Waals surface area contributed by atoms with E-state index in [1.54, 1.807) is 0 Å². The fourth-order valence-corrected chi connectivity index (χ4v) is 1.70. The van der Waals surface area contributed by atoms with Gasteiger partial charge in [0.2, 0.25) is 11.8 Å². The second-order valence-electron chi connectivity index (χ2n) is 4.20. The molecule has 2 amide bonds. The van der Waals surface area contributed by atoms with Gasteiger partial charge in [0.1, 0.15) is 12.7 Å². The summed E-state index contributed by atoms with van der Waals surface area (Å²) < 4.78 is 12.1. The number of carbonyl (C=O) groups is 2. The molecule has 4 nitrogen and oxygen atoms in total. The zero-order valence-electron chi connectivity index (χ0n) is 9.12. The normalized spacial score (nSPS) is 22.1. The highest BCUT2D eigenvalue weighted by molar-refractivity contribution is 5.94. The van der Waals surface area contributed by atoms with Crippen LogP contribution in [0.25, 0.3) is 0 Å². The van der Waals surface area contributed by atoms with Crippen molar-refractivity contribution in [2.45, 2.75) is 26.3 Å². The van der Waals surface area contributed by atoms with Crippen molar-refractivity contribution in [3.05, 3.63) is 0 Å². The predicted molar refractivity (Wildman–Crippen MR) is 53.9 cm³/mol. The predicted octanol–water partition coefficient (Wildman–Crippen LogP) is 0.329. The van der Waals surface area contributed by atoms with E-state index in [0.29, 0.717) is 12.3 Å². The van der Waals surface area contributed by atoms with Crippen molar-refractivity contribution in [3.8, 4) is 0 Å². The molecule has 0 radical (unpaired) electrons. The van der Waals surface area contributed by atoms with Gasteiger partial charge in [0.15, 0.2) is 0 Å². The Morgan fingerprint density at radius 2 is 2.20 bits per heavy atom. The average Bonchev–Trinajstić information content (AvgIpc) is 2.12. The number of nitrogens with one attached hydrogen (secondary N) is 1. The van der Waals surface area contributed by atoms with E-state index in [1.807, 2.05) is 13.8 Å². The third-order valence-corrected chi connectivity index (χ3v) is 2.34. The fraction of sp³-hybridized carbons (Fsp3) is 0.800. The van der Waals surface area contributed by atoms with Gasteiger partial charge >= 0.3 is 0 Å². The first kappa shape index (κ1) is 11.9. The minimum absolute atomic E-state index is 0.0147. The molecule has 1 heterocycles. The maximum absolute atomic E-state index is 12.1. The largest absolute Gasteiger partial charge is 0.343 e. The van der Waals surface area contributed by atoms with Crippen LogP contribution in [0.3, 0.4) is 0 Å². The van der Waals surface area contributed by atoms with Crippen molar-refractivity contribution in [2.24, 2.45) is 5.92 Å². The van der Waals surface area contributed by atoms with Crippen LogP contribution in [0.1, 0.15) is 20.3 Å². The average molecular weight is 216 g/mol. The molecule has 1 atom stereocenters. The quantitative estimate of drug-likeness (QED) is 0.736. The van der Waals surface area contributed by atoms with Crippen molar-refractivity contribution in [3.63, 3.8) is 0 Å². The molecule has 1 rings (SSSR count). The Bertz CT molecular complexity index is 256. The summed E-state index contributed by atoms with van der Waals surface area (Å²) in [5.74, 6) is -0.0424. The van der Waals surface area contributed by atoms with Crippen LogP contribution in [0.5, 0.6) is 0 Å². The first-order chi connectivity index (χ1) is 7.04. The number of rotatable bonds is 4. The lowest BCUT2D eigenvalue weighted by Gasteiger charge is -2.32. The van der Waals surface area contributed by atoms with Crippen molar-refractivity contribution in [2.75, 3.05) is 19.8 Å². The number of alkyl halides is 1. The molecule has 0 aliphatic carbocycles. The standard InChI is InChI=1S/C10H17FN2O2/c1-7(2)5-8-10(15)13(4-3-11)6-9(14)12-8/h7-8H,3-6H2,1-2H3,(H,12,14). The zero-order chi connectivity index (χ0) is 11.4. The molecule has 0 saturated carbocycles. The summed E-state index contributed by atoms with van der Waals surface area (Å²) in [5.41, 5.74) is 0. The number of hydrogen-bond acceptors (Lipinski definition) is 2. The molecule has 1 N–H and O–H groups in total. The van der Waals surface area contributed by atoms with Gasteiger partial charge in [-0.15, -0.1) is 0 Å². The topological polar surface area (TPSA) is 49.4 Å². The van der Waals surface area contributed by atoms with Gasteiger partial charge in [0.05, 0.1) is 6.54 Å². The minimum atomic E-state index is -0.604. The number of carbonyl (C=O) groups excluding carboxylic acids is 2. The van der Waals surface area contributed by atoms with Gasteiger partial charge in [-0.25, -0.2) is 4.39 Å². The van der Waals surface area contributed by atoms with Gasteiger partial charge in [-0.05, 0) is 12.3 Å². The molecular weight excluding hydrogens is 199 g/mol. The third kappa shape index (κ3) is 3.18. The molecule has 0 aromatic rings. The van der Waals surface area contributed by atoms with Crippen LogP contribution in [0.15, 0.2) is 0 Å². The SMILES string of the molecule is CC(C)CC1NC(=O)CN(CCF)C1=O. The van der Waals surface area contributed by atoms with E-state index >= 15 is 0 Å². The van der Waals surface area contributed by atoms with Gasteiger partial charge < -0.3 is 10.2 Å². The van der Waals surface area contributed by atoms with E-state index in [4.69, 9.17) is 0 Å². The van der Waals surface area contributed by atoms with Crippen LogP contribution in [-0.4, -0.2) is 42.5 Å². The summed E-state index contributed by atoms with van der Waals surface area (Å²) in [4.78, 5) is 24.3. The number of nitrogens with zero attached hydrogens (tertiary/aromatic N) is 1. The first-order valence-electron chi connectivity index (χ1n) is 5.18. The summed E-state index contributed by atoms with van der Waals surface area (Å²) in [7, 11) is 0. The van der Waals surface area contributed by atoms with Crippen LogP contribution in [0, 0.1) is 5.92 Å². The van der Waals surface area contributed by atoms with Gasteiger partial charge in [-0.1, -0.05) is 13.8 Å². The number of halogens is 1. The maximum atomic E-state index is 12.1. The second-order valence-corrected chi connectivity index (χ2v) is 4.20. The molecule has 0 aromatic heterocycles. The van der Waals surface area contributed by atoms with Crippen LogP contribution >= 0.6 is 0 Å². The third-order valence-electron chi connectivity index (χ3n) is 2.34. The van der Waals surface area contributed by atoms with E-state index in [1.165, 1.54) is 4.90 Å². The molecular formula is C10H17FN2O2. The Kier molecular flexibility index (Phi) is 4.05. The summed E-state index contributed by atoms with van der Waals surface area (Å²) >= 11 is 0. The van der Waals surface area contributed by atoms with Crippen LogP contribution < -0.4 is 5.32 Å². The lowest BCUT2D eigenvalue weighted by molar-refractivity contribution is -0.144. The molecule has 0 bridgehead atoms. The van der Waals surface area contributed by atoms with E-state index in [2.05, 4.69) is 5.32 Å². The highest BCUT2D eigenvalue weighted by atomic mass is 19.1. The van der Waals surface area contributed by atoms with Crippen molar-refractivity contribution in [1.29, 1.82) is 0 Å². The van der Waals surface area contributed by atoms with Gasteiger partial charge in [0, 0.05) is 6.54 Å². The van der Waals surface area contributed by atoms with Crippen LogP contribution in [0.2, 0.25) is 0 Å². The Morgan fingerprint density at radius 1 is 1.53 bits per heavy atom. The Hall–Kier alpha value is -1.13. The highest BCUT2D eigenvalue weighted by Gasteiger charge is 2.32. The monoisotopic (exact) mass is 216 g/mol. The maximum Gasteiger partial charge on any atom is 0.245 e.